The molecule has 0 aromatic carbocycles. The first-order valence-electron chi connectivity index (χ1n) is 6.15. The van der Waals surface area contributed by atoms with Crippen LogP contribution in [0.4, 0.5) is 0 Å². The largest absolute Gasteiger partial charge is 0.393 e. The van der Waals surface area contributed by atoms with Crippen LogP contribution < -0.4 is 5.73 Å². The number of rotatable bonds is 6. The van der Waals surface area contributed by atoms with Crippen LogP contribution >= 0.6 is 12.2 Å². The summed E-state index contributed by atoms with van der Waals surface area (Å²) >= 11 is 5.07. The van der Waals surface area contributed by atoms with Crippen LogP contribution in [0.1, 0.15) is 52.3 Å². The Hall–Kier alpha value is -0.900. The third kappa shape index (κ3) is 3.80. The molecule has 1 aromatic heterocycles. The Morgan fingerprint density at radius 2 is 2.18 bits per heavy atom. The van der Waals surface area contributed by atoms with Crippen LogP contribution in [0.2, 0.25) is 0 Å². The van der Waals surface area contributed by atoms with E-state index in [1.165, 1.54) is 0 Å². The first-order chi connectivity index (χ1) is 7.84. The summed E-state index contributed by atoms with van der Waals surface area (Å²) in [6, 6.07) is 0. The van der Waals surface area contributed by atoms with Gasteiger partial charge in [0.15, 0.2) is 0 Å². The third-order valence-corrected chi connectivity index (χ3v) is 3.68. The monoisotopic (exact) mass is 253 g/mol. The second-order valence-electron chi connectivity index (χ2n) is 5.49. The summed E-state index contributed by atoms with van der Waals surface area (Å²) in [6.07, 6.45) is 6.00. The summed E-state index contributed by atoms with van der Waals surface area (Å²) in [7, 11) is 0. The number of aryl methyl sites for hydroxylation is 1. The summed E-state index contributed by atoms with van der Waals surface area (Å²) in [5.74, 6) is 1.62. The first-order valence-corrected chi connectivity index (χ1v) is 6.56. The first kappa shape index (κ1) is 14.2. The number of hydrogen-bond donors (Lipinski definition) is 1. The molecular formula is C13H23N3S. The van der Waals surface area contributed by atoms with Crippen molar-refractivity contribution in [3.05, 3.63) is 18.2 Å². The van der Waals surface area contributed by atoms with Crippen molar-refractivity contribution < 1.29 is 0 Å². The predicted molar refractivity (Wildman–Crippen MR) is 76.1 cm³/mol. The lowest BCUT2D eigenvalue weighted by Gasteiger charge is -2.23. The van der Waals surface area contributed by atoms with Crippen molar-refractivity contribution in [3.63, 3.8) is 0 Å². The highest BCUT2D eigenvalue weighted by Crippen LogP contribution is 2.23. The lowest BCUT2D eigenvalue weighted by atomic mass is 9.88. The molecule has 0 aliphatic rings. The molecule has 0 saturated heterocycles. The van der Waals surface area contributed by atoms with E-state index in [2.05, 4.69) is 37.2 Å². The van der Waals surface area contributed by atoms with Gasteiger partial charge in [-0.25, -0.2) is 4.98 Å². The molecule has 1 aromatic rings. The molecule has 0 bridgehead atoms. The van der Waals surface area contributed by atoms with Gasteiger partial charge in [0.05, 0.1) is 4.99 Å². The quantitative estimate of drug-likeness (QED) is 0.792. The van der Waals surface area contributed by atoms with Crippen LogP contribution in [-0.2, 0) is 6.54 Å². The highest BCUT2D eigenvalue weighted by molar-refractivity contribution is 7.80. The zero-order valence-corrected chi connectivity index (χ0v) is 12.0. The number of nitrogens with zero attached hydrogens (tertiary/aromatic N) is 2. The smallest absolute Gasteiger partial charge is 0.111 e. The number of nitrogens with two attached hydrogens (primary N) is 1. The summed E-state index contributed by atoms with van der Waals surface area (Å²) in [6.45, 7) is 9.52. The van der Waals surface area contributed by atoms with Gasteiger partial charge >= 0.3 is 0 Å². The maximum Gasteiger partial charge on any atom is 0.111 e. The van der Waals surface area contributed by atoms with Crippen molar-refractivity contribution in [2.24, 2.45) is 11.1 Å². The van der Waals surface area contributed by atoms with Crippen LogP contribution in [-0.4, -0.2) is 14.5 Å². The maximum atomic E-state index is 5.72. The topological polar surface area (TPSA) is 43.8 Å². The normalized spacial score (nSPS) is 12.1. The molecule has 0 saturated carbocycles. The van der Waals surface area contributed by atoms with Crippen molar-refractivity contribution in [1.82, 2.24) is 9.55 Å². The molecule has 96 valence electrons. The molecule has 0 atom stereocenters. The van der Waals surface area contributed by atoms with Crippen LogP contribution in [0.5, 0.6) is 0 Å². The Balaban J connectivity index is 2.52. The van der Waals surface area contributed by atoms with Crippen LogP contribution in [0.15, 0.2) is 12.4 Å². The molecule has 0 spiro atoms. The van der Waals surface area contributed by atoms with Crippen LogP contribution in [0.3, 0.4) is 0 Å². The Bertz CT molecular complexity index is 380. The van der Waals surface area contributed by atoms with Gasteiger partial charge in [-0.1, -0.05) is 39.9 Å². The summed E-state index contributed by atoms with van der Waals surface area (Å²) in [5, 5.41) is 0. The second-order valence-corrected chi connectivity index (χ2v) is 5.93. The summed E-state index contributed by atoms with van der Waals surface area (Å²) in [4.78, 5) is 4.98. The molecule has 2 N–H and O–H groups in total. The number of thiocarbonyl (C=S) groups is 1. The van der Waals surface area contributed by atoms with E-state index in [0.717, 1.165) is 25.2 Å². The molecular weight excluding hydrogens is 230 g/mol. The van der Waals surface area contributed by atoms with Crippen molar-refractivity contribution in [1.29, 1.82) is 0 Å². The number of hydrogen-bond acceptors (Lipinski definition) is 2. The molecule has 4 heteroatoms. The minimum Gasteiger partial charge on any atom is -0.393 e. The fourth-order valence-electron chi connectivity index (χ4n) is 1.83. The number of aromatic nitrogens is 2. The van der Waals surface area contributed by atoms with Crippen LogP contribution in [0, 0.1) is 5.41 Å². The van der Waals surface area contributed by atoms with Gasteiger partial charge in [0.25, 0.3) is 0 Å². The van der Waals surface area contributed by atoms with E-state index in [9.17, 15) is 0 Å². The van der Waals surface area contributed by atoms with E-state index in [-0.39, 0.29) is 5.41 Å². The molecule has 0 unspecified atom stereocenters. The highest BCUT2D eigenvalue weighted by Gasteiger charge is 2.20. The summed E-state index contributed by atoms with van der Waals surface area (Å²) in [5.41, 5.74) is 5.67. The minimum absolute atomic E-state index is 0.0477. The van der Waals surface area contributed by atoms with Gasteiger partial charge in [-0.05, 0) is 12.8 Å². The maximum absolute atomic E-state index is 5.72. The minimum atomic E-state index is -0.0477. The van der Waals surface area contributed by atoms with E-state index in [1.54, 1.807) is 0 Å². The van der Waals surface area contributed by atoms with Crippen molar-refractivity contribution in [2.75, 3.05) is 0 Å². The third-order valence-electron chi connectivity index (χ3n) is 3.13. The van der Waals surface area contributed by atoms with Gasteiger partial charge in [-0.3, -0.25) is 0 Å². The molecule has 3 nitrogen and oxygen atoms in total. The van der Waals surface area contributed by atoms with Gasteiger partial charge in [-0.15, -0.1) is 0 Å². The predicted octanol–water partition coefficient (Wildman–Crippen LogP) is 3.10. The van der Waals surface area contributed by atoms with Gasteiger partial charge in [0, 0.05) is 30.3 Å². The van der Waals surface area contributed by atoms with Gasteiger partial charge in [0.2, 0.25) is 0 Å². The van der Waals surface area contributed by atoms with E-state index in [0.29, 0.717) is 10.9 Å². The van der Waals surface area contributed by atoms with Gasteiger partial charge in [-0.2, -0.15) is 0 Å². The molecule has 0 amide bonds. The van der Waals surface area contributed by atoms with E-state index in [4.69, 9.17) is 18.0 Å². The Morgan fingerprint density at radius 3 is 2.71 bits per heavy atom. The second kappa shape index (κ2) is 5.63. The lowest BCUT2D eigenvalue weighted by molar-refractivity contribution is 0.431. The molecule has 1 rings (SSSR count). The Labute approximate surface area is 109 Å². The van der Waals surface area contributed by atoms with Crippen molar-refractivity contribution in [3.8, 4) is 0 Å². The SMILES string of the molecule is CC(C)c1nccn1CCCC(C)(C)C(N)=S. The van der Waals surface area contributed by atoms with Gasteiger partial charge < -0.3 is 10.3 Å². The lowest BCUT2D eigenvalue weighted by Crippen LogP contribution is -2.29. The van der Waals surface area contributed by atoms with Crippen LogP contribution in [0.25, 0.3) is 0 Å². The Morgan fingerprint density at radius 1 is 1.53 bits per heavy atom. The molecule has 0 aliphatic heterocycles. The van der Waals surface area contributed by atoms with E-state index in [1.807, 2.05) is 12.4 Å². The fourth-order valence-corrected chi connectivity index (χ4v) is 1.93. The Kier molecular flexibility index (Phi) is 4.69. The average Bonchev–Trinajstić information content (AvgIpc) is 2.65. The van der Waals surface area contributed by atoms with Gasteiger partial charge in [0.1, 0.15) is 5.82 Å². The van der Waals surface area contributed by atoms with Crippen molar-refractivity contribution >= 4 is 17.2 Å². The highest BCUT2D eigenvalue weighted by atomic mass is 32.1. The summed E-state index contributed by atoms with van der Waals surface area (Å²) < 4.78 is 2.22. The molecule has 0 aliphatic carbocycles. The zero-order valence-electron chi connectivity index (χ0n) is 11.2. The molecule has 0 radical (unpaired) electrons. The number of imidazole rings is 1. The molecule has 17 heavy (non-hydrogen) atoms. The molecule has 1 heterocycles. The zero-order chi connectivity index (χ0) is 13.1. The average molecular weight is 253 g/mol. The molecule has 0 fully saturated rings. The van der Waals surface area contributed by atoms with E-state index < -0.39 is 0 Å². The fraction of sp³-hybridized carbons (Fsp3) is 0.692. The standard InChI is InChI=1S/C13H23N3S/c1-10(2)11-15-7-9-16(11)8-5-6-13(3,4)12(14)17/h7,9-10H,5-6,8H2,1-4H3,(H2,14,17). The van der Waals surface area contributed by atoms with E-state index >= 15 is 0 Å². The van der Waals surface area contributed by atoms with Crippen molar-refractivity contribution in [2.45, 2.75) is 53.0 Å².